The van der Waals surface area contributed by atoms with Gasteiger partial charge in [-0.05, 0) is 37.0 Å². The molecule has 1 N–H and O–H groups in total. The van der Waals surface area contributed by atoms with Gasteiger partial charge in [0.05, 0.1) is 4.92 Å². The van der Waals surface area contributed by atoms with E-state index >= 15 is 0 Å². The molecule has 1 aromatic rings. The summed E-state index contributed by atoms with van der Waals surface area (Å²) in [5.74, 6) is 0. The first-order valence-corrected chi connectivity index (χ1v) is 9.94. The average Bonchev–Trinajstić information content (AvgIpc) is 2.25. The van der Waals surface area contributed by atoms with Gasteiger partial charge >= 0.3 is 0 Å². The highest BCUT2D eigenvalue weighted by atomic mass is 79.9. The molecular weight excluding hydrogens is 326 g/mol. The van der Waals surface area contributed by atoms with Crippen molar-refractivity contribution < 1.29 is 9.72 Å². The van der Waals surface area contributed by atoms with Gasteiger partial charge in [-0.2, -0.15) is 0 Å². The standard InChI is InChI=1S/C13H20BrNO3Si/c1-13(2,19(3,4)18)9-8-10-11(14)6-5-7-12(10)15(16)17/h5-7,18H,8-9H2,1-4H3. The number of nitro benzene ring substituents is 1. The quantitative estimate of drug-likeness (QED) is 0.492. The van der Waals surface area contributed by atoms with Crippen molar-refractivity contribution in [3.8, 4) is 0 Å². The number of nitrogens with zero attached hydrogens (tertiary/aromatic N) is 1. The van der Waals surface area contributed by atoms with Crippen LogP contribution in [0, 0.1) is 10.1 Å². The molecule has 19 heavy (non-hydrogen) atoms. The predicted molar refractivity (Wildman–Crippen MR) is 82.9 cm³/mol. The largest absolute Gasteiger partial charge is 0.432 e. The first-order chi connectivity index (χ1) is 8.56. The van der Waals surface area contributed by atoms with Gasteiger partial charge in [-0.3, -0.25) is 10.1 Å². The number of halogens is 1. The van der Waals surface area contributed by atoms with E-state index in [1.54, 1.807) is 6.07 Å². The Morgan fingerprint density at radius 2 is 2.00 bits per heavy atom. The van der Waals surface area contributed by atoms with E-state index in [0.717, 1.165) is 10.9 Å². The summed E-state index contributed by atoms with van der Waals surface area (Å²) in [5, 5.41) is 10.9. The lowest BCUT2D eigenvalue weighted by atomic mass is 10.0. The molecule has 1 aromatic carbocycles. The molecule has 0 bridgehead atoms. The van der Waals surface area contributed by atoms with Gasteiger partial charge < -0.3 is 4.80 Å². The van der Waals surface area contributed by atoms with E-state index in [1.807, 2.05) is 33.0 Å². The van der Waals surface area contributed by atoms with Crippen LogP contribution in [0.4, 0.5) is 5.69 Å². The Kier molecular flexibility index (Phi) is 4.92. The van der Waals surface area contributed by atoms with Crippen LogP contribution in [0.3, 0.4) is 0 Å². The molecule has 0 saturated heterocycles. The van der Waals surface area contributed by atoms with Crippen molar-refractivity contribution in [3.05, 3.63) is 38.3 Å². The molecule has 0 saturated carbocycles. The SMILES string of the molecule is CC(C)(CCc1c(Br)cccc1[N+](=O)[O-])[Si](C)(C)O. The zero-order valence-electron chi connectivity index (χ0n) is 11.7. The second-order valence-electron chi connectivity index (χ2n) is 5.94. The zero-order chi connectivity index (χ0) is 14.8. The number of rotatable bonds is 5. The summed E-state index contributed by atoms with van der Waals surface area (Å²) >= 11 is 3.38. The molecule has 0 spiro atoms. The number of nitro groups is 1. The van der Waals surface area contributed by atoms with Crippen LogP contribution in [0.1, 0.15) is 25.8 Å². The monoisotopic (exact) mass is 345 g/mol. The smallest absolute Gasteiger partial charge is 0.273 e. The first kappa shape index (κ1) is 16.3. The fourth-order valence-corrected chi connectivity index (χ4v) is 3.00. The summed E-state index contributed by atoms with van der Waals surface area (Å²) in [4.78, 5) is 21.0. The minimum atomic E-state index is -2.29. The van der Waals surface area contributed by atoms with Gasteiger partial charge in [0.2, 0.25) is 0 Å². The van der Waals surface area contributed by atoms with E-state index in [4.69, 9.17) is 0 Å². The van der Waals surface area contributed by atoms with E-state index < -0.39 is 8.32 Å². The van der Waals surface area contributed by atoms with E-state index in [1.165, 1.54) is 6.07 Å². The molecule has 0 radical (unpaired) electrons. The van der Waals surface area contributed by atoms with Crippen LogP contribution in [0.5, 0.6) is 0 Å². The third-order valence-electron chi connectivity index (χ3n) is 3.95. The molecule has 106 valence electrons. The van der Waals surface area contributed by atoms with Crippen LogP contribution < -0.4 is 0 Å². The van der Waals surface area contributed by atoms with Gasteiger partial charge in [0.15, 0.2) is 8.32 Å². The van der Waals surface area contributed by atoms with Crippen molar-refractivity contribution >= 4 is 29.9 Å². The van der Waals surface area contributed by atoms with E-state index in [0.29, 0.717) is 12.0 Å². The lowest BCUT2D eigenvalue weighted by Crippen LogP contribution is -2.39. The van der Waals surface area contributed by atoms with Crippen LogP contribution in [0.25, 0.3) is 0 Å². The molecule has 6 heteroatoms. The fraction of sp³-hybridized carbons (Fsp3) is 0.538. The highest BCUT2D eigenvalue weighted by molar-refractivity contribution is 9.10. The van der Waals surface area contributed by atoms with Gasteiger partial charge in [-0.25, -0.2) is 0 Å². The van der Waals surface area contributed by atoms with E-state index in [-0.39, 0.29) is 15.6 Å². The van der Waals surface area contributed by atoms with Crippen molar-refractivity contribution in [2.45, 2.75) is 44.8 Å². The Morgan fingerprint density at radius 1 is 1.42 bits per heavy atom. The Hall–Kier alpha value is -0.723. The summed E-state index contributed by atoms with van der Waals surface area (Å²) in [6, 6.07) is 5.01. The second kappa shape index (κ2) is 5.72. The molecule has 0 heterocycles. The van der Waals surface area contributed by atoms with E-state index in [2.05, 4.69) is 15.9 Å². The Balaban J connectivity index is 2.99. The number of hydrogen-bond acceptors (Lipinski definition) is 3. The van der Waals surface area contributed by atoms with Crippen molar-refractivity contribution in [2.75, 3.05) is 0 Å². The minimum Gasteiger partial charge on any atom is -0.432 e. The molecule has 0 aliphatic carbocycles. The van der Waals surface area contributed by atoms with Crippen molar-refractivity contribution in [3.63, 3.8) is 0 Å². The maximum atomic E-state index is 11.0. The van der Waals surface area contributed by atoms with Crippen molar-refractivity contribution in [1.29, 1.82) is 0 Å². The highest BCUT2D eigenvalue weighted by Crippen LogP contribution is 2.41. The van der Waals surface area contributed by atoms with Gasteiger partial charge in [-0.15, -0.1) is 0 Å². The molecule has 0 fully saturated rings. The third kappa shape index (κ3) is 3.87. The maximum Gasteiger partial charge on any atom is 0.273 e. The lowest BCUT2D eigenvalue weighted by molar-refractivity contribution is -0.385. The number of hydrogen-bond donors (Lipinski definition) is 1. The molecular formula is C13H20BrNO3Si. The number of benzene rings is 1. The molecule has 0 unspecified atom stereocenters. The van der Waals surface area contributed by atoms with Gasteiger partial charge in [0.1, 0.15) is 0 Å². The summed E-state index contributed by atoms with van der Waals surface area (Å²) in [5.41, 5.74) is 0.849. The Labute approximate surface area is 123 Å². The Morgan fingerprint density at radius 3 is 2.47 bits per heavy atom. The van der Waals surface area contributed by atoms with Gasteiger partial charge in [0, 0.05) is 16.1 Å². The molecule has 1 rings (SSSR count). The highest BCUT2D eigenvalue weighted by Gasteiger charge is 2.38. The maximum absolute atomic E-state index is 11.0. The second-order valence-corrected chi connectivity index (χ2v) is 11.3. The van der Waals surface area contributed by atoms with Crippen LogP contribution >= 0.6 is 15.9 Å². The normalized spacial score (nSPS) is 12.5. The first-order valence-electron chi connectivity index (χ1n) is 6.20. The lowest BCUT2D eigenvalue weighted by Gasteiger charge is -2.35. The zero-order valence-corrected chi connectivity index (χ0v) is 14.3. The molecule has 0 amide bonds. The van der Waals surface area contributed by atoms with Crippen LogP contribution in [-0.2, 0) is 6.42 Å². The van der Waals surface area contributed by atoms with Crippen molar-refractivity contribution in [1.82, 2.24) is 0 Å². The summed E-state index contributed by atoms with van der Waals surface area (Å²) in [6.07, 6.45) is 1.31. The molecule has 0 aliphatic heterocycles. The van der Waals surface area contributed by atoms with Crippen LogP contribution in [-0.4, -0.2) is 18.0 Å². The minimum absolute atomic E-state index is 0.141. The van der Waals surface area contributed by atoms with Crippen LogP contribution in [0.2, 0.25) is 18.1 Å². The molecule has 0 aromatic heterocycles. The fourth-order valence-electron chi connectivity index (χ4n) is 1.71. The molecule has 0 aliphatic rings. The summed E-state index contributed by atoms with van der Waals surface area (Å²) in [7, 11) is -2.29. The van der Waals surface area contributed by atoms with Crippen molar-refractivity contribution in [2.24, 2.45) is 0 Å². The molecule has 0 atom stereocenters. The average molecular weight is 346 g/mol. The van der Waals surface area contributed by atoms with Gasteiger partial charge in [-0.1, -0.05) is 35.8 Å². The van der Waals surface area contributed by atoms with E-state index in [9.17, 15) is 14.9 Å². The van der Waals surface area contributed by atoms with Gasteiger partial charge in [0.25, 0.3) is 5.69 Å². The topological polar surface area (TPSA) is 63.4 Å². The summed E-state index contributed by atoms with van der Waals surface area (Å²) < 4.78 is 0.759. The third-order valence-corrected chi connectivity index (χ3v) is 8.25. The molecule has 4 nitrogen and oxygen atoms in total. The predicted octanol–water partition coefficient (Wildman–Crippen LogP) is 4.27. The summed E-state index contributed by atoms with van der Waals surface area (Å²) in [6.45, 7) is 7.87. The Bertz CT molecular complexity index is 483. The van der Waals surface area contributed by atoms with Crippen LogP contribution in [0.15, 0.2) is 22.7 Å².